The Bertz CT molecular complexity index is 1190. The van der Waals surface area contributed by atoms with Crippen LogP contribution in [0.25, 0.3) is 0 Å². The second kappa shape index (κ2) is 17.4. The molecule has 53 heavy (non-hydrogen) atoms. The van der Waals surface area contributed by atoms with Crippen molar-refractivity contribution in [3.05, 3.63) is 0 Å². The molecule has 304 valence electrons. The van der Waals surface area contributed by atoms with Crippen LogP contribution in [0.2, 0.25) is 0 Å². The number of carbonyl (C=O) groups is 1. The van der Waals surface area contributed by atoms with E-state index >= 15 is 4.79 Å². The minimum Gasteiger partial charge on any atom is -0.376 e. The van der Waals surface area contributed by atoms with Gasteiger partial charge in [0, 0.05) is 93.6 Å². The highest BCUT2D eigenvalue weighted by molar-refractivity contribution is 5.96. The normalized spacial score (nSPS) is 44.3. The Hall–Kier alpha value is -0.690. The van der Waals surface area contributed by atoms with Crippen LogP contribution in [-0.4, -0.2) is 136 Å². The second-order valence-electron chi connectivity index (χ2n) is 19.4. The zero-order valence-corrected chi connectivity index (χ0v) is 34.6. The molecule has 0 aromatic carbocycles. The molecule has 0 aromatic heterocycles. The van der Waals surface area contributed by atoms with E-state index in [0.29, 0.717) is 30.3 Å². The van der Waals surface area contributed by atoms with Gasteiger partial charge in [0.25, 0.3) is 0 Å². The highest BCUT2D eigenvalue weighted by atomic mass is 16.5. The van der Waals surface area contributed by atoms with Crippen LogP contribution < -0.4 is 32.3 Å². The quantitative estimate of drug-likeness (QED) is 0.157. The number of ketones is 1. The van der Waals surface area contributed by atoms with Crippen LogP contribution in [0.3, 0.4) is 0 Å². The SMILES string of the molecule is CCC12C(=O)C34C5CNC3C(C3CCCCC3)NC1C(CC(C)C)N(C)C2C(C)C(CCCCCCCN)OCC(C)NC4C(CN1CCNCC1)N5. The molecule has 0 amide bonds. The van der Waals surface area contributed by atoms with Crippen LogP contribution in [0.15, 0.2) is 0 Å². The first-order valence-corrected chi connectivity index (χ1v) is 22.7. The summed E-state index contributed by atoms with van der Waals surface area (Å²) in [5, 5.41) is 20.8. The highest BCUT2D eigenvalue weighted by Gasteiger charge is 2.77. The molecular weight excluding hydrogens is 661 g/mol. The van der Waals surface area contributed by atoms with Gasteiger partial charge in [-0.05, 0) is 76.8 Å². The molecule has 7 aliphatic rings. The summed E-state index contributed by atoms with van der Waals surface area (Å²) in [6, 6.07) is 1.44. The van der Waals surface area contributed by atoms with E-state index in [9.17, 15) is 0 Å². The Morgan fingerprint density at radius 1 is 0.943 bits per heavy atom. The minimum absolute atomic E-state index is 0.0352. The average Bonchev–Trinajstić information content (AvgIpc) is 3.72. The van der Waals surface area contributed by atoms with Crippen molar-refractivity contribution in [1.82, 2.24) is 36.4 Å². The molecule has 7 N–H and O–H groups in total. The van der Waals surface area contributed by atoms with Crippen LogP contribution in [0.5, 0.6) is 0 Å². The van der Waals surface area contributed by atoms with E-state index in [1.807, 2.05) is 0 Å². The third-order valence-electron chi connectivity index (χ3n) is 15.9. The average molecular weight is 741 g/mol. The van der Waals surface area contributed by atoms with Crippen molar-refractivity contribution in [2.75, 3.05) is 59.5 Å². The lowest BCUT2D eigenvalue weighted by Crippen LogP contribution is -2.68. The molecule has 1 saturated carbocycles. The number of nitrogens with one attached hydrogen (secondary N) is 5. The molecule has 10 heteroatoms. The summed E-state index contributed by atoms with van der Waals surface area (Å²) >= 11 is 0. The maximum Gasteiger partial charge on any atom is 0.153 e. The summed E-state index contributed by atoms with van der Waals surface area (Å²) in [6.07, 6.45) is 15.6. The minimum atomic E-state index is -0.540. The fourth-order valence-corrected chi connectivity index (χ4v) is 13.6. The van der Waals surface area contributed by atoms with E-state index < -0.39 is 10.8 Å². The molecule has 13 unspecified atom stereocenters. The van der Waals surface area contributed by atoms with Gasteiger partial charge in [0.2, 0.25) is 0 Å². The van der Waals surface area contributed by atoms with Gasteiger partial charge >= 0.3 is 0 Å². The zero-order valence-electron chi connectivity index (χ0n) is 34.6. The summed E-state index contributed by atoms with van der Waals surface area (Å²) < 4.78 is 7.17. The van der Waals surface area contributed by atoms with Gasteiger partial charge in [-0.3, -0.25) is 14.6 Å². The topological polar surface area (TPSA) is 119 Å². The number of rotatable bonds is 13. The molecule has 7 rings (SSSR count). The molecule has 7 fully saturated rings. The van der Waals surface area contributed by atoms with Gasteiger partial charge in [-0.25, -0.2) is 0 Å². The van der Waals surface area contributed by atoms with Crippen LogP contribution in [-0.2, 0) is 9.53 Å². The summed E-state index contributed by atoms with van der Waals surface area (Å²) in [7, 11) is 2.40. The summed E-state index contributed by atoms with van der Waals surface area (Å²) in [6.45, 7) is 19.5. The van der Waals surface area contributed by atoms with Crippen molar-refractivity contribution in [2.24, 2.45) is 34.3 Å². The third kappa shape index (κ3) is 7.35. The lowest BCUT2D eigenvalue weighted by atomic mass is 9.55. The van der Waals surface area contributed by atoms with E-state index in [-0.39, 0.29) is 60.4 Å². The highest BCUT2D eigenvalue weighted by Crippen LogP contribution is 2.59. The maximum absolute atomic E-state index is 17.0. The van der Waals surface area contributed by atoms with Gasteiger partial charge in [0.05, 0.1) is 23.5 Å². The lowest BCUT2D eigenvalue weighted by Gasteiger charge is -2.49. The lowest BCUT2D eigenvalue weighted by molar-refractivity contribution is -0.145. The number of hydrogen-bond acceptors (Lipinski definition) is 10. The molecule has 13 atom stereocenters. The van der Waals surface area contributed by atoms with Crippen LogP contribution in [0, 0.1) is 28.6 Å². The first kappa shape index (κ1) is 40.5. The molecule has 0 radical (unpaired) electrons. The largest absolute Gasteiger partial charge is 0.376 e. The number of ether oxygens (including phenoxy) is 1. The molecule has 2 bridgehead atoms. The molecular formula is C43H80N8O2. The van der Waals surface area contributed by atoms with Gasteiger partial charge in [0.1, 0.15) is 0 Å². The van der Waals surface area contributed by atoms with Crippen molar-refractivity contribution in [3.8, 4) is 0 Å². The molecule has 1 spiro atoms. The smallest absolute Gasteiger partial charge is 0.153 e. The Labute approximate surface area is 323 Å². The Morgan fingerprint density at radius 3 is 2.40 bits per heavy atom. The van der Waals surface area contributed by atoms with E-state index in [1.54, 1.807) is 0 Å². The second-order valence-corrected chi connectivity index (χ2v) is 19.4. The van der Waals surface area contributed by atoms with Gasteiger partial charge in [-0.15, -0.1) is 0 Å². The number of nitrogens with two attached hydrogens (primary N) is 1. The van der Waals surface area contributed by atoms with Gasteiger partial charge < -0.3 is 37.1 Å². The molecule has 0 aromatic rings. The van der Waals surface area contributed by atoms with Crippen LogP contribution in [0.4, 0.5) is 0 Å². The molecule has 6 aliphatic heterocycles. The summed E-state index contributed by atoms with van der Waals surface area (Å²) in [4.78, 5) is 22.3. The van der Waals surface area contributed by atoms with E-state index in [1.165, 1.54) is 57.8 Å². The van der Waals surface area contributed by atoms with Gasteiger partial charge in [-0.2, -0.15) is 0 Å². The van der Waals surface area contributed by atoms with Gasteiger partial charge in [0.15, 0.2) is 5.78 Å². The first-order chi connectivity index (χ1) is 25.7. The fourth-order valence-electron chi connectivity index (χ4n) is 13.6. The van der Waals surface area contributed by atoms with Crippen LogP contribution >= 0.6 is 0 Å². The van der Waals surface area contributed by atoms with E-state index in [2.05, 4.69) is 78.1 Å². The standard InChI is InChI=1S/C43H80N8O2/c1-7-42-38-33(24-28(2)3)50(6)40(42)30(5)34(18-14-9-8-10-15-19-44)53-27-29(4)47-37-32(26-51-22-20-45-21-23-51)48-35-25-46-39(43(35,37)41(42)52)36(49-38)31-16-12-11-13-17-31/h28-40,45-49H,7-27,44H2,1-6H3. The molecule has 6 saturated heterocycles. The summed E-state index contributed by atoms with van der Waals surface area (Å²) in [5.41, 5.74) is 4.77. The van der Waals surface area contributed by atoms with Gasteiger partial charge in [-0.1, -0.05) is 72.6 Å². The van der Waals surface area contributed by atoms with Crippen molar-refractivity contribution in [1.29, 1.82) is 0 Å². The van der Waals surface area contributed by atoms with Crippen molar-refractivity contribution >= 4 is 5.78 Å². The number of likely N-dealkylation sites (tertiary alicyclic amines) is 1. The maximum atomic E-state index is 17.0. The fraction of sp³-hybridized carbons (Fsp3) is 0.977. The predicted molar refractivity (Wildman–Crippen MR) is 216 cm³/mol. The number of piperazine rings is 1. The Kier molecular flexibility index (Phi) is 13.3. The van der Waals surface area contributed by atoms with Crippen molar-refractivity contribution < 1.29 is 9.53 Å². The molecule has 1 aliphatic carbocycles. The van der Waals surface area contributed by atoms with E-state index in [0.717, 1.165) is 71.5 Å². The number of unbranched alkanes of at least 4 members (excludes halogenated alkanes) is 4. The number of carbonyl (C=O) groups excluding carboxylic acids is 1. The molecule has 10 nitrogen and oxygen atoms in total. The first-order valence-electron chi connectivity index (χ1n) is 22.7. The van der Waals surface area contributed by atoms with Crippen molar-refractivity contribution in [2.45, 2.75) is 179 Å². The Morgan fingerprint density at radius 2 is 1.68 bits per heavy atom. The molecule has 6 heterocycles. The van der Waals surface area contributed by atoms with Crippen LogP contribution in [0.1, 0.15) is 118 Å². The third-order valence-corrected chi connectivity index (χ3v) is 15.9. The monoisotopic (exact) mass is 741 g/mol. The predicted octanol–water partition coefficient (Wildman–Crippen LogP) is 3.49. The van der Waals surface area contributed by atoms with Crippen molar-refractivity contribution in [3.63, 3.8) is 0 Å². The van der Waals surface area contributed by atoms with E-state index in [4.69, 9.17) is 10.5 Å². The number of Topliss-reactive ketones (excluding diaryl/α,β-unsaturated/α-hetero) is 1. The number of nitrogens with zero attached hydrogens (tertiary/aromatic N) is 2. The zero-order chi connectivity index (χ0) is 37.3. The number of likely N-dealkylation sites (N-methyl/N-ethyl adjacent to an activating group) is 1. The Balaban J connectivity index is 1.36. The number of hydrogen-bond donors (Lipinski definition) is 6. The summed E-state index contributed by atoms with van der Waals surface area (Å²) in [5.74, 6) is 1.94.